The van der Waals surface area contributed by atoms with E-state index >= 15 is 0 Å². The molecule has 2 amide bonds. The van der Waals surface area contributed by atoms with Crippen LogP contribution in [0.1, 0.15) is 71.1 Å². The van der Waals surface area contributed by atoms with Crippen LogP contribution in [0.4, 0.5) is 0 Å². The summed E-state index contributed by atoms with van der Waals surface area (Å²) < 4.78 is 6.05. The number of ether oxygens (including phenoxy) is 1. The number of rotatable bonds is 8. The van der Waals surface area contributed by atoms with Crippen LogP contribution in [0, 0.1) is 5.92 Å². The molecule has 4 aliphatic rings. The fourth-order valence-electron chi connectivity index (χ4n) is 5.79. The summed E-state index contributed by atoms with van der Waals surface area (Å²) in [5, 5.41) is 13.9. The van der Waals surface area contributed by atoms with E-state index < -0.39 is 17.6 Å². The van der Waals surface area contributed by atoms with Crippen LogP contribution in [0.2, 0.25) is 0 Å². The number of hydrogen-bond acceptors (Lipinski definition) is 6. The van der Waals surface area contributed by atoms with Gasteiger partial charge >= 0.3 is 0 Å². The van der Waals surface area contributed by atoms with E-state index in [0.717, 1.165) is 68.4 Å². The molecule has 2 fully saturated rings. The number of aliphatic imine (C=N–C) groups is 1. The molecule has 2 aliphatic heterocycles. The van der Waals surface area contributed by atoms with Gasteiger partial charge in [-0.2, -0.15) is 0 Å². The number of carbonyl (C=O) groups is 2. The van der Waals surface area contributed by atoms with Crippen molar-refractivity contribution in [3.63, 3.8) is 0 Å². The van der Waals surface area contributed by atoms with Gasteiger partial charge in [0.2, 0.25) is 17.7 Å². The smallest absolute Gasteiger partial charge is 0.246 e. The minimum Gasteiger partial charge on any atom is -0.477 e. The van der Waals surface area contributed by atoms with Gasteiger partial charge in [0.1, 0.15) is 24.2 Å². The SMILES string of the molecule is C[C@H](N)C(=O)NC(C(=O)N1CCC[C@H]1C1=N[C@](CO)(CC2=CC(Cl)=CCC2)CO1)C1CCCCC1. The second kappa shape index (κ2) is 11.4. The number of allylic oxidation sites excluding steroid dienone is 3. The van der Waals surface area contributed by atoms with Crippen molar-refractivity contribution in [3.8, 4) is 0 Å². The molecule has 1 unspecified atom stereocenters. The Morgan fingerprint density at radius 2 is 2.09 bits per heavy atom. The molecule has 0 aromatic rings. The lowest BCUT2D eigenvalue weighted by Gasteiger charge is -2.35. The van der Waals surface area contributed by atoms with E-state index in [9.17, 15) is 14.7 Å². The Balaban J connectivity index is 1.52. The van der Waals surface area contributed by atoms with Gasteiger partial charge in [0.25, 0.3) is 0 Å². The van der Waals surface area contributed by atoms with Crippen molar-refractivity contribution in [1.29, 1.82) is 0 Å². The highest BCUT2D eigenvalue weighted by atomic mass is 35.5. The lowest BCUT2D eigenvalue weighted by Crippen LogP contribution is -2.57. The number of nitrogens with two attached hydrogens (primary N) is 1. The Labute approximate surface area is 213 Å². The molecule has 0 radical (unpaired) electrons. The largest absolute Gasteiger partial charge is 0.477 e. The maximum Gasteiger partial charge on any atom is 0.246 e. The van der Waals surface area contributed by atoms with Crippen LogP contribution in [0.5, 0.6) is 0 Å². The van der Waals surface area contributed by atoms with E-state index in [1.54, 1.807) is 6.92 Å². The molecule has 4 atom stereocenters. The van der Waals surface area contributed by atoms with E-state index in [1.165, 1.54) is 0 Å². The average Bonchev–Trinajstić information content (AvgIpc) is 3.50. The van der Waals surface area contributed by atoms with Crippen LogP contribution in [-0.2, 0) is 14.3 Å². The summed E-state index contributed by atoms with van der Waals surface area (Å²) in [7, 11) is 0. The van der Waals surface area contributed by atoms with Gasteiger partial charge in [-0.1, -0.05) is 42.5 Å². The number of aliphatic hydroxyl groups is 1. The van der Waals surface area contributed by atoms with Gasteiger partial charge in [-0.3, -0.25) is 9.59 Å². The highest BCUT2D eigenvalue weighted by molar-refractivity contribution is 6.31. The second-order valence-corrected chi connectivity index (χ2v) is 11.0. The maximum absolute atomic E-state index is 13.8. The number of hydrogen-bond donors (Lipinski definition) is 3. The molecule has 2 aliphatic carbocycles. The molecule has 8 nitrogen and oxygen atoms in total. The van der Waals surface area contributed by atoms with E-state index in [4.69, 9.17) is 27.1 Å². The Hall–Kier alpha value is -1.90. The van der Waals surface area contributed by atoms with E-state index in [1.807, 2.05) is 17.1 Å². The van der Waals surface area contributed by atoms with E-state index in [0.29, 0.717) is 18.9 Å². The first-order valence-electron chi connectivity index (χ1n) is 13.1. The Bertz CT molecular complexity index is 896. The van der Waals surface area contributed by atoms with E-state index in [-0.39, 0.29) is 37.0 Å². The molecule has 4 N–H and O–H groups in total. The summed E-state index contributed by atoms with van der Waals surface area (Å²) in [6.45, 7) is 2.38. The molecule has 0 bridgehead atoms. The molecule has 1 saturated carbocycles. The summed E-state index contributed by atoms with van der Waals surface area (Å²) in [6.07, 6.45) is 13.0. The summed E-state index contributed by atoms with van der Waals surface area (Å²) in [5.41, 5.74) is 6.21. The average molecular weight is 507 g/mol. The van der Waals surface area contributed by atoms with Crippen LogP contribution in [-0.4, -0.2) is 71.1 Å². The molecular formula is C26H39ClN4O4. The first kappa shape index (κ1) is 26.2. The summed E-state index contributed by atoms with van der Waals surface area (Å²) in [4.78, 5) is 33.0. The Kier molecular flexibility index (Phi) is 8.55. The molecule has 1 saturated heterocycles. The number of carbonyl (C=O) groups excluding carboxylic acids is 2. The molecular weight excluding hydrogens is 468 g/mol. The zero-order valence-electron chi connectivity index (χ0n) is 20.7. The number of amides is 2. The van der Waals surface area contributed by atoms with Crippen LogP contribution in [0.15, 0.2) is 27.7 Å². The first-order valence-corrected chi connectivity index (χ1v) is 13.4. The summed E-state index contributed by atoms with van der Waals surface area (Å²) in [5.74, 6) is 0.253. The van der Waals surface area contributed by atoms with Gasteiger partial charge in [-0.05, 0) is 63.9 Å². The minimum absolute atomic E-state index is 0.0758. The summed E-state index contributed by atoms with van der Waals surface area (Å²) in [6, 6.07) is -1.54. The topological polar surface area (TPSA) is 117 Å². The minimum atomic E-state index is -0.751. The lowest BCUT2D eigenvalue weighted by atomic mass is 9.83. The van der Waals surface area contributed by atoms with Crippen molar-refractivity contribution >= 4 is 29.3 Å². The zero-order chi connectivity index (χ0) is 25.0. The zero-order valence-corrected chi connectivity index (χ0v) is 21.4. The normalized spacial score (nSPS) is 29.1. The number of likely N-dealkylation sites (tertiary alicyclic amines) is 1. The third-order valence-corrected chi connectivity index (χ3v) is 8.02. The lowest BCUT2D eigenvalue weighted by molar-refractivity contribution is -0.138. The Morgan fingerprint density at radius 1 is 1.31 bits per heavy atom. The van der Waals surface area contributed by atoms with Gasteiger partial charge < -0.3 is 25.8 Å². The van der Waals surface area contributed by atoms with Crippen molar-refractivity contribution in [2.75, 3.05) is 19.8 Å². The highest BCUT2D eigenvalue weighted by Crippen LogP contribution is 2.35. The Morgan fingerprint density at radius 3 is 2.77 bits per heavy atom. The molecule has 9 heteroatoms. The molecule has 0 spiro atoms. The third kappa shape index (κ3) is 6.09. The molecule has 4 rings (SSSR count). The second-order valence-electron chi connectivity index (χ2n) is 10.6. The molecule has 2 heterocycles. The van der Waals surface area contributed by atoms with E-state index in [2.05, 4.69) is 5.32 Å². The standard InChI is InChI=1S/C26H39ClN4O4/c1-17(28)23(33)29-22(19-8-3-2-4-9-19)25(34)31-12-6-11-21(31)24-30-26(15-32,16-35-24)14-18-7-5-10-20(27)13-18/h10,13,17,19,21-22,32H,2-9,11-12,14-16,28H2,1H3,(H,29,33)/t17-,21-,22?,26-/m0/s1. The van der Waals surface area contributed by atoms with Crippen LogP contribution in [0.3, 0.4) is 0 Å². The quantitative estimate of drug-likeness (QED) is 0.468. The maximum atomic E-state index is 13.8. The third-order valence-electron chi connectivity index (χ3n) is 7.75. The predicted octanol–water partition coefficient (Wildman–Crippen LogP) is 2.78. The molecule has 0 aromatic heterocycles. The van der Waals surface area contributed by atoms with Gasteiger partial charge in [0.05, 0.1) is 12.6 Å². The number of nitrogens with zero attached hydrogens (tertiary/aromatic N) is 2. The fourth-order valence-corrected chi connectivity index (χ4v) is 6.05. The number of halogens is 1. The van der Waals surface area contributed by atoms with Crippen LogP contribution in [0.25, 0.3) is 0 Å². The van der Waals surface area contributed by atoms with Crippen LogP contribution >= 0.6 is 11.6 Å². The number of aliphatic hydroxyl groups excluding tert-OH is 1. The van der Waals surface area contributed by atoms with Crippen molar-refractivity contribution in [2.24, 2.45) is 16.6 Å². The van der Waals surface area contributed by atoms with Crippen molar-refractivity contribution < 1.29 is 19.4 Å². The number of nitrogens with one attached hydrogen (secondary N) is 1. The van der Waals surface area contributed by atoms with Crippen molar-refractivity contribution in [3.05, 3.63) is 22.8 Å². The van der Waals surface area contributed by atoms with Gasteiger partial charge in [-0.15, -0.1) is 0 Å². The summed E-state index contributed by atoms with van der Waals surface area (Å²) >= 11 is 6.19. The fraction of sp³-hybridized carbons (Fsp3) is 0.731. The van der Waals surface area contributed by atoms with Gasteiger partial charge in [-0.25, -0.2) is 4.99 Å². The highest BCUT2D eigenvalue weighted by Gasteiger charge is 2.45. The van der Waals surface area contributed by atoms with Crippen molar-refractivity contribution in [1.82, 2.24) is 10.2 Å². The molecule has 194 valence electrons. The molecule has 35 heavy (non-hydrogen) atoms. The van der Waals surface area contributed by atoms with Crippen molar-refractivity contribution in [2.45, 2.75) is 94.8 Å². The first-order chi connectivity index (χ1) is 16.8. The van der Waals surface area contributed by atoms with Gasteiger partial charge in [0, 0.05) is 11.6 Å². The van der Waals surface area contributed by atoms with Gasteiger partial charge in [0.15, 0.2) is 0 Å². The molecule has 0 aromatic carbocycles. The van der Waals surface area contributed by atoms with Crippen LogP contribution < -0.4 is 11.1 Å². The monoisotopic (exact) mass is 506 g/mol. The predicted molar refractivity (Wildman–Crippen MR) is 136 cm³/mol.